The van der Waals surface area contributed by atoms with E-state index in [4.69, 9.17) is 4.74 Å². The van der Waals surface area contributed by atoms with Crippen LogP contribution >= 0.6 is 0 Å². The molecule has 0 saturated carbocycles. The van der Waals surface area contributed by atoms with Gasteiger partial charge in [-0.25, -0.2) is 4.79 Å². The van der Waals surface area contributed by atoms with Gasteiger partial charge in [0.2, 0.25) is 5.91 Å². The lowest BCUT2D eigenvalue weighted by Crippen LogP contribution is -2.27. The zero-order valence-corrected chi connectivity index (χ0v) is 14.1. The molecule has 0 fully saturated rings. The first-order chi connectivity index (χ1) is 12.2. The summed E-state index contributed by atoms with van der Waals surface area (Å²) in [6, 6.07) is 7.12. The second kappa shape index (κ2) is 7.89. The van der Waals surface area contributed by atoms with E-state index in [2.05, 4.69) is 10.4 Å². The van der Waals surface area contributed by atoms with E-state index in [9.17, 15) is 22.8 Å². The number of anilines is 2. The van der Waals surface area contributed by atoms with Gasteiger partial charge in [0.15, 0.2) is 5.69 Å². The predicted octanol–water partition coefficient (Wildman–Crippen LogP) is 3.13. The molecule has 0 saturated heterocycles. The van der Waals surface area contributed by atoms with E-state index in [-0.39, 0.29) is 13.2 Å². The molecule has 10 heteroatoms. The molecule has 7 nitrogen and oxygen atoms in total. The maximum atomic E-state index is 12.5. The lowest BCUT2D eigenvalue weighted by molar-refractivity contribution is -0.141. The standard InChI is InChI=1S/C16H17F3N4O3/c1-3-26-15(25)22(2)12-6-4-11(5-7-12)20-14(24)10-23-9-8-13(21-23)16(17,18)19/h4-9H,3,10H2,1-2H3,(H,20,24). The highest BCUT2D eigenvalue weighted by molar-refractivity contribution is 5.91. The lowest BCUT2D eigenvalue weighted by atomic mass is 10.2. The summed E-state index contributed by atoms with van der Waals surface area (Å²) < 4.78 is 43.2. The Labute approximate surface area is 147 Å². The van der Waals surface area contributed by atoms with Crippen molar-refractivity contribution in [3.05, 3.63) is 42.2 Å². The minimum absolute atomic E-state index is 0.251. The molecule has 1 N–H and O–H groups in total. The van der Waals surface area contributed by atoms with Crippen LogP contribution in [0.1, 0.15) is 12.6 Å². The van der Waals surface area contributed by atoms with E-state index in [0.29, 0.717) is 11.4 Å². The fourth-order valence-electron chi connectivity index (χ4n) is 2.04. The van der Waals surface area contributed by atoms with Gasteiger partial charge in [-0.2, -0.15) is 18.3 Å². The zero-order valence-electron chi connectivity index (χ0n) is 14.1. The number of hydrogen-bond acceptors (Lipinski definition) is 4. The summed E-state index contributed by atoms with van der Waals surface area (Å²) in [5.41, 5.74) is -0.0702. The third-order valence-electron chi connectivity index (χ3n) is 3.32. The molecule has 0 atom stereocenters. The van der Waals surface area contributed by atoms with Crippen LogP contribution in [0.25, 0.3) is 0 Å². The van der Waals surface area contributed by atoms with Crippen LogP contribution in [0.3, 0.4) is 0 Å². The number of nitrogens with one attached hydrogen (secondary N) is 1. The summed E-state index contributed by atoms with van der Waals surface area (Å²) in [7, 11) is 1.54. The van der Waals surface area contributed by atoms with Crippen molar-refractivity contribution in [1.29, 1.82) is 0 Å². The van der Waals surface area contributed by atoms with Crippen molar-refractivity contribution < 1.29 is 27.5 Å². The van der Waals surface area contributed by atoms with Crippen molar-refractivity contribution in [2.24, 2.45) is 0 Å². The van der Waals surface area contributed by atoms with Crippen molar-refractivity contribution in [3.63, 3.8) is 0 Å². The average molecular weight is 370 g/mol. The molecule has 140 valence electrons. The van der Waals surface area contributed by atoms with Crippen LogP contribution in [-0.2, 0) is 22.3 Å². The average Bonchev–Trinajstić information content (AvgIpc) is 3.03. The van der Waals surface area contributed by atoms with Crippen LogP contribution in [0.15, 0.2) is 36.5 Å². The third kappa shape index (κ3) is 4.98. The van der Waals surface area contributed by atoms with Gasteiger partial charge in [-0.3, -0.25) is 14.4 Å². The molecular weight excluding hydrogens is 353 g/mol. The summed E-state index contributed by atoms with van der Waals surface area (Å²) >= 11 is 0. The highest BCUT2D eigenvalue weighted by Crippen LogP contribution is 2.27. The Morgan fingerprint density at radius 3 is 2.42 bits per heavy atom. The molecule has 0 unspecified atom stereocenters. The van der Waals surface area contributed by atoms with Gasteiger partial charge >= 0.3 is 12.3 Å². The monoisotopic (exact) mass is 370 g/mol. The molecule has 0 bridgehead atoms. The van der Waals surface area contributed by atoms with E-state index < -0.39 is 23.9 Å². The van der Waals surface area contributed by atoms with Crippen molar-refractivity contribution in [2.75, 3.05) is 23.9 Å². The van der Waals surface area contributed by atoms with Crippen molar-refractivity contribution >= 4 is 23.4 Å². The Morgan fingerprint density at radius 2 is 1.88 bits per heavy atom. The Morgan fingerprint density at radius 1 is 1.23 bits per heavy atom. The quantitative estimate of drug-likeness (QED) is 0.877. The maximum absolute atomic E-state index is 12.5. The van der Waals surface area contributed by atoms with Crippen LogP contribution < -0.4 is 10.2 Å². The molecule has 2 amide bonds. The minimum Gasteiger partial charge on any atom is -0.449 e. The number of ether oxygens (including phenoxy) is 1. The molecule has 0 aliphatic rings. The Bertz CT molecular complexity index is 772. The molecule has 2 rings (SSSR count). The number of carbonyl (C=O) groups excluding carboxylic acids is 2. The minimum atomic E-state index is -4.55. The SMILES string of the molecule is CCOC(=O)N(C)c1ccc(NC(=O)Cn2ccc(C(F)(F)F)n2)cc1. The van der Waals surface area contributed by atoms with Crippen molar-refractivity contribution in [3.8, 4) is 0 Å². The molecule has 1 aromatic carbocycles. The van der Waals surface area contributed by atoms with Crippen LogP contribution in [0.2, 0.25) is 0 Å². The Hall–Kier alpha value is -3.04. The second-order valence-corrected chi connectivity index (χ2v) is 5.25. The number of carbonyl (C=O) groups is 2. The van der Waals surface area contributed by atoms with Crippen LogP contribution in [0, 0.1) is 0 Å². The van der Waals surface area contributed by atoms with Gasteiger partial charge in [-0.15, -0.1) is 0 Å². The normalized spacial score (nSPS) is 11.1. The van der Waals surface area contributed by atoms with Crippen LogP contribution in [0.4, 0.5) is 29.3 Å². The summed E-state index contributed by atoms with van der Waals surface area (Å²) in [5.74, 6) is -0.534. The fourth-order valence-corrected chi connectivity index (χ4v) is 2.04. The van der Waals surface area contributed by atoms with Crippen molar-refractivity contribution in [2.45, 2.75) is 19.6 Å². The summed E-state index contributed by atoms with van der Waals surface area (Å²) in [6.45, 7) is 1.59. The first-order valence-electron chi connectivity index (χ1n) is 7.61. The van der Waals surface area contributed by atoms with Crippen molar-refractivity contribution in [1.82, 2.24) is 9.78 Å². The number of hydrogen-bond donors (Lipinski definition) is 1. The van der Waals surface area contributed by atoms with E-state index in [1.807, 2.05) is 0 Å². The molecule has 2 aromatic rings. The second-order valence-electron chi connectivity index (χ2n) is 5.25. The summed E-state index contributed by atoms with van der Waals surface area (Å²) in [4.78, 5) is 24.8. The van der Waals surface area contributed by atoms with Gasteiger partial charge in [0.05, 0.1) is 6.61 Å². The van der Waals surface area contributed by atoms with E-state index in [0.717, 1.165) is 16.9 Å². The summed E-state index contributed by atoms with van der Waals surface area (Å²) in [5, 5.41) is 5.85. The molecular formula is C16H17F3N4O3. The molecule has 0 aliphatic carbocycles. The Kier molecular flexibility index (Phi) is 5.86. The lowest BCUT2D eigenvalue weighted by Gasteiger charge is -2.16. The molecule has 0 radical (unpaired) electrons. The van der Waals surface area contributed by atoms with Gasteiger partial charge < -0.3 is 10.1 Å². The summed E-state index contributed by atoms with van der Waals surface area (Å²) in [6.07, 6.45) is -3.98. The number of halogens is 3. The number of alkyl halides is 3. The molecule has 0 aliphatic heterocycles. The topological polar surface area (TPSA) is 76.5 Å². The maximum Gasteiger partial charge on any atom is 0.435 e. The number of aromatic nitrogens is 2. The first kappa shape index (κ1) is 19.3. The third-order valence-corrected chi connectivity index (χ3v) is 3.32. The zero-order chi connectivity index (χ0) is 19.3. The highest BCUT2D eigenvalue weighted by atomic mass is 19.4. The van der Waals surface area contributed by atoms with Gasteiger partial charge in [0.25, 0.3) is 0 Å². The van der Waals surface area contributed by atoms with E-state index in [1.54, 1.807) is 38.2 Å². The Balaban J connectivity index is 1.95. The largest absolute Gasteiger partial charge is 0.449 e. The van der Waals surface area contributed by atoms with Crippen LogP contribution in [-0.4, -0.2) is 35.4 Å². The van der Waals surface area contributed by atoms with Crippen LogP contribution in [0.5, 0.6) is 0 Å². The van der Waals surface area contributed by atoms with Gasteiger partial charge in [-0.1, -0.05) is 0 Å². The first-order valence-corrected chi connectivity index (χ1v) is 7.61. The molecule has 26 heavy (non-hydrogen) atoms. The molecule has 1 aromatic heterocycles. The number of rotatable bonds is 5. The predicted molar refractivity (Wildman–Crippen MR) is 87.7 cm³/mol. The fraction of sp³-hybridized carbons (Fsp3) is 0.312. The number of amides is 2. The molecule has 0 spiro atoms. The van der Waals surface area contributed by atoms with E-state index in [1.165, 1.54) is 4.90 Å². The highest BCUT2D eigenvalue weighted by Gasteiger charge is 2.33. The van der Waals surface area contributed by atoms with Gasteiger partial charge in [0, 0.05) is 24.6 Å². The smallest absolute Gasteiger partial charge is 0.435 e. The van der Waals surface area contributed by atoms with Gasteiger partial charge in [-0.05, 0) is 37.3 Å². The number of nitrogens with zero attached hydrogens (tertiary/aromatic N) is 3. The van der Waals surface area contributed by atoms with Gasteiger partial charge in [0.1, 0.15) is 6.54 Å². The van der Waals surface area contributed by atoms with E-state index >= 15 is 0 Å². The number of benzene rings is 1. The molecule has 1 heterocycles.